The molecule has 0 amide bonds. The van der Waals surface area contributed by atoms with Gasteiger partial charge in [0.2, 0.25) is 10.0 Å². The first-order chi connectivity index (χ1) is 12.7. The summed E-state index contributed by atoms with van der Waals surface area (Å²) < 4.78 is 50.8. The molecule has 11 heteroatoms. The molecule has 27 heavy (non-hydrogen) atoms. The van der Waals surface area contributed by atoms with Crippen molar-refractivity contribution in [2.75, 3.05) is 18.0 Å². The normalized spacial score (nSPS) is 17.9. The molecule has 1 aliphatic rings. The quantitative estimate of drug-likeness (QED) is 0.844. The van der Waals surface area contributed by atoms with Crippen molar-refractivity contribution >= 4 is 15.8 Å². The van der Waals surface area contributed by atoms with Crippen LogP contribution >= 0.6 is 0 Å². The van der Waals surface area contributed by atoms with E-state index in [4.69, 9.17) is 5.14 Å². The molecule has 0 saturated carbocycles. The van der Waals surface area contributed by atoms with Crippen LogP contribution in [-0.2, 0) is 10.0 Å². The first-order valence-corrected chi connectivity index (χ1v) is 9.82. The molecule has 1 fully saturated rings. The fourth-order valence-corrected chi connectivity index (χ4v) is 3.64. The molecule has 1 atom stereocenters. The van der Waals surface area contributed by atoms with Gasteiger partial charge in [0, 0.05) is 19.3 Å². The van der Waals surface area contributed by atoms with E-state index in [1.54, 1.807) is 0 Å². The molecule has 0 bridgehead atoms. The van der Waals surface area contributed by atoms with Crippen LogP contribution in [0.15, 0.2) is 23.2 Å². The van der Waals surface area contributed by atoms with Gasteiger partial charge in [-0.25, -0.2) is 27.3 Å². The molecule has 2 N–H and O–H groups in total. The largest absolute Gasteiger partial charge is 0.355 e. The number of hydrogen-bond donors (Lipinski definition) is 1. The highest BCUT2D eigenvalue weighted by molar-refractivity contribution is 7.89. The Kier molecular flexibility index (Phi) is 5.12. The van der Waals surface area contributed by atoms with Gasteiger partial charge in [0.1, 0.15) is 22.2 Å². The zero-order valence-electron chi connectivity index (χ0n) is 14.5. The maximum atomic E-state index is 13.4. The lowest BCUT2D eigenvalue weighted by molar-refractivity contribution is 0.145. The number of nitriles is 1. The zero-order valence-corrected chi connectivity index (χ0v) is 15.3. The first kappa shape index (κ1) is 19.2. The molecule has 1 aliphatic heterocycles. The molecule has 144 valence electrons. The van der Waals surface area contributed by atoms with E-state index in [-0.39, 0.29) is 22.1 Å². The second kappa shape index (κ2) is 7.21. The average Bonchev–Trinajstić information content (AvgIpc) is 3.01. The van der Waals surface area contributed by atoms with Crippen LogP contribution in [0.25, 0.3) is 5.82 Å². The van der Waals surface area contributed by atoms with Crippen LogP contribution in [0.1, 0.15) is 37.4 Å². The first-order valence-electron chi connectivity index (χ1n) is 8.27. The molecule has 0 aliphatic carbocycles. The highest BCUT2D eigenvalue weighted by Crippen LogP contribution is 2.34. The number of alkyl halides is 2. The van der Waals surface area contributed by atoms with E-state index < -0.39 is 22.1 Å². The molecule has 2 aromatic rings. The van der Waals surface area contributed by atoms with Crippen LogP contribution in [0.3, 0.4) is 0 Å². The second-order valence-corrected chi connectivity index (χ2v) is 8.06. The number of hydrogen-bond acceptors (Lipinski definition) is 6. The van der Waals surface area contributed by atoms with Crippen molar-refractivity contribution in [1.82, 2.24) is 14.8 Å². The summed E-state index contributed by atoms with van der Waals surface area (Å²) in [4.78, 5) is 5.64. The Morgan fingerprint density at radius 3 is 2.67 bits per heavy atom. The van der Waals surface area contributed by atoms with E-state index in [9.17, 15) is 22.5 Å². The number of anilines is 1. The van der Waals surface area contributed by atoms with Crippen LogP contribution in [0.4, 0.5) is 14.6 Å². The standard InChI is InChI=1S/C16H18F2N6O2S/c1-10-3-2-6-23(9-10)16-12(7-19)14(15(17)18)22-24(16)13-5-4-11(8-21-13)27(20,25)26/h4-5,8,10,15H,2-3,6,9H2,1H3,(H2,20,25,26). The maximum absolute atomic E-state index is 13.4. The van der Waals surface area contributed by atoms with Gasteiger partial charge >= 0.3 is 0 Å². The fourth-order valence-electron chi connectivity index (χ4n) is 3.19. The molecule has 3 heterocycles. The van der Waals surface area contributed by atoms with Gasteiger partial charge in [-0.15, -0.1) is 0 Å². The third-order valence-corrected chi connectivity index (χ3v) is 5.33. The van der Waals surface area contributed by atoms with Crippen molar-refractivity contribution in [3.05, 3.63) is 29.6 Å². The molecule has 1 saturated heterocycles. The number of rotatable bonds is 4. The van der Waals surface area contributed by atoms with E-state index in [1.165, 1.54) is 16.8 Å². The summed E-state index contributed by atoms with van der Waals surface area (Å²) in [6, 6.07) is 4.37. The number of primary sulfonamides is 1. The van der Waals surface area contributed by atoms with Crippen molar-refractivity contribution in [1.29, 1.82) is 5.26 Å². The molecular formula is C16H18F2N6O2S. The van der Waals surface area contributed by atoms with Gasteiger partial charge in [-0.05, 0) is 30.9 Å². The van der Waals surface area contributed by atoms with E-state index in [0.29, 0.717) is 19.0 Å². The monoisotopic (exact) mass is 396 g/mol. The fraction of sp³-hybridized carbons (Fsp3) is 0.438. The van der Waals surface area contributed by atoms with Gasteiger partial charge in [-0.1, -0.05) is 6.92 Å². The molecule has 3 rings (SSSR count). The average molecular weight is 396 g/mol. The Hall–Kier alpha value is -2.58. The van der Waals surface area contributed by atoms with Gasteiger partial charge < -0.3 is 4.90 Å². The van der Waals surface area contributed by atoms with E-state index in [1.807, 2.05) is 17.9 Å². The molecule has 8 nitrogen and oxygen atoms in total. The van der Waals surface area contributed by atoms with Gasteiger partial charge in [-0.3, -0.25) is 0 Å². The van der Waals surface area contributed by atoms with Crippen LogP contribution in [-0.4, -0.2) is 36.3 Å². The minimum atomic E-state index is -3.94. The lowest BCUT2D eigenvalue weighted by Gasteiger charge is -2.32. The highest BCUT2D eigenvalue weighted by atomic mass is 32.2. The number of pyridine rings is 1. The van der Waals surface area contributed by atoms with Crippen molar-refractivity contribution < 1.29 is 17.2 Å². The van der Waals surface area contributed by atoms with Crippen LogP contribution in [0.2, 0.25) is 0 Å². The summed E-state index contributed by atoms with van der Waals surface area (Å²) in [7, 11) is -3.94. The second-order valence-electron chi connectivity index (χ2n) is 6.50. The van der Waals surface area contributed by atoms with E-state index >= 15 is 0 Å². The lowest BCUT2D eigenvalue weighted by atomic mass is 10.00. The molecule has 0 radical (unpaired) electrons. The smallest absolute Gasteiger partial charge is 0.283 e. The minimum absolute atomic E-state index is 0.124. The summed E-state index contributed by atoms with van der Waals surface area (Å²) in [5.41, 5.74) is -0.820. The number of sulfonamides is 1. The molecular weight excluding hydrogens is 378 g/mol. The van der Waals surface area contributed by atoms with Crippen LogP contribution < -0.4 is 10.0 Å². The van der Waals surface area contributed by atoms with Crippen molar-refractivity contribution in [2.45, 2.75) is 31.1 Å². The van der Waals surface area contributed by atoms with Crippen molar-refractivity contribution in [2.24, 2.45) is 11.1 Å². The summed E-state index contributed by atoms with van der Waals surface area (Å²) in [5.74, 6) is 0.704. The van der Waals surface area contributed by atoms with E-state index in [2.05, 4.69) is 10.1 Å². The molecule has 0 aromatic carbocycles. The Labute approximate surface area is 155 Å². The summed E-state index contributed by atoms with van der Waals surface area (Å²) in [6.45, 7) is 3.24. The Balaban J connectivity index is 2.15. The summed E-state index contributed by atoms with van der Waals surface area (Å²) in [6.07, 6.45) is -0.0250. The van der Waals surface area contributed by atoms with Gasteiger partial charge in [-0.2, -0.15) is 15.0 Å². The number of nitrogens with zero attached hydrogens (tertiary/aromatic N) is 5. The topological polar surface area (TPSA) is 118 Å². The number of nitrogens with two attached hydrogens (primary N) is 1. The lowest BCUT2D eigenvalue weighted by Crippen LogP contribution is -2.36. The molecule has 1 unspecified atom stereocenters. The maximum Gasteiger partial charge on any atom is 0.283 e. The SMILES string of the molecule is CC1CCCN(c2c(C#N)c(C(F)F)nn2-c2ccc(S(N)(=O)=O)cn2)C1. The Bertz CT molecular complexity index is 982. The van der Waals surface area contributed by atoms with E-state index in [0.717, 1.165) is 19.0 Å². The predicted molar refractivity (Wildman–Crippen MR) is 93.0 cm³/mol. The third-order valence-electron chi connectivity index (χ3n) is 4.43. The summed E-state index contributed by atoms with van der Waals surface area (Å²) in [5, 5.41) is 18.4. The zero-order chi connectivity index (χ0) is 19.8. The Morgan fingerprint density at radius 1 is 1.41 bits per heavy atom. The summed E-state index contributed by atoms with van der Waals surface area (Å²) >= 11 is 0. The minimum Gasteiger partial charge on any atom is -0.355 e. The third kappa shape index (κ3) is 3.77. The number of piperidine rings is 1. The van der Waals surface area contributed by atoms with Crippen molar-refractivity contribution in [3.63, 3.8) is 0 Å². The molecule has 0 spiro atoms. The van der Waals surface area contributed by atoms with Gasteiger partial charge in [0.25, 0.3) is 6.43 Å². The van der Waals surface area contributed by atoms with Crippen LogP contribution in [0, 0.1) is 17.2 Å². The van der Waals surface area contributed by atoms with Gasteiger partial charge in [0.05, 0.1) is 0 Å². The van der Waals surface area contributed by atoms with Crippen LogP contribution in [0.5, 0.6) is 0 Å². The number of halogens is 2. The molecule has 2 aromatic heterocycles. The van der Waals surface area contributed by atoms with Crippen molar-refractivity contribution in [3.8, 4) is 11.9 Å². The Morgan fingerprint density at radius 2 is 2.15 bits per heavy atom. The number of aromatic nitrogens is 3. The highest BCUT2D eigenvalue weighted by Gasteiger charge is 2.30. The predicted octanol–water partition coefficient (Wildman–Crippen LogP) is 1.96. The van der Waals surface area contributed by atoms with Gasteiger partial charge in [0.15, 0.2) is 11.6 Å².